The monoisotopic (exact) mass is 212 g/mol. The summed E-state index contributed by atoms with van der Waals surface area (Å²) in [4.78, 5) is 3.94. The van der Waals surface area contributed by atoms with Gasteiger partial charge >= 0.3 is 0 Å². The average molecular weight is 212 g/mol. The van der Waals surface area contributed by atoms with E-state index in [0.717, 1.165) is 12.6 Å². The second kappa shape index (κ2) is 4.22. The summed E-state index contributed by atoms with van der Waals surface area (Å²) in [5, 5.41) is 0. The second-order valence-electron chi connectivity index (χ2n) is 3.37. The van der Waals surface area contributed by atoms with Gasteiger partial charge < -0.3 is 15.2 Å². The molecule has 1 saturated heterocycles. The van der Waals surface area contributed by atoms with Gasteiger partial charge in [-0.2, -0.15) is 0 Å². The van der Waals surface area contributed by atoms with Crippen LogP contribution in [0.25, 0.3) is 0 Å². The molecule has 5 heteroatoms. The Morgan fingerprint density at radius 3 is 2.67 bits per heavy atom. The summed E-state index contributed by atoms with van der Waals surface area (Å²) in [6.45, 7) is 1.33. The Balaban J connectivity index is 2.28. The van der Waals surface area contributed by atoms with Crippen LogP contribution in [0.2, 0.25) is 0 Å². The third-order valence-corrected chi connectivity index (χ3v) is 2.35. The van der Waals surface area contributed by atoms with Crippen molar-refractivity contribution < 1.29 is 13.9 Å². The fraction of sp³-hybridized carbons (Fsp3) is 0.500. The predicted octanol–water partition coefficient (Wildman–Crippen LogP) is 0.769. The first-order chi connectivity index (χ1) is 7.27. The maximum Gasteiger partial charge on any atom is 0.225 e. The van der Waals surface area contributed by atoms with Crippen LogP contribution < -0.4 is 5.73 Å². The molecule has 82 valence electrons. The maximum absolute atomic E-state index is 12.7. The Kier molecular flexibility index (Phi) is 2.95. The summed E-state index contributed by atoms with van der Waals surface area (Å²) in [6.07, 6.45) is 1.97. The van der Waals surface area contributed by atoms with Crippen molar-refractivity contribution in [1.29, 1.82) is 0 Å². The smallest absolute Gasteiger partial charge is 0.225 e. The van der Waals surface area contributed by atoms with Crippen molar-refractivity contribution in [3.8, 4) is 0 Å². The molecule has 0 spiro atoms. The van der Waals surface area contributed by atoms with Gasteiger partial charge in [-0.3, -0.25) is 4.98 Å². The van der Waals surface area contributed by atoms with E-state index in [4.69, 9.17) is 15.2 Å². The van der Waals surface area contributed by atoms with Crippen LogP contribution in [-0.4, -0.2) is 24.7 Å². The van der Waals surface area contributed by atoms with Gasteiger partial charge in [0.15, 0.2) is 0 Å². The van der Waals surface area contributed by atoms with E-state index < -0.39 is 5.79 Å². The highest BCUT2D eigenvalue weighted by atomic mass is 19.1. The minimum Gasteiger partial charge on any atom is -0.344 e. The van der Waals surface area contributed by atoms with Crippen molar-refractivity contribution in [3.05, 3.63) is 29.8 Å². The zero-order valence-corrected chi connectivity index (χ0v) is 8.28. The number of hydrogen-bond donors (Lipinski definition) is 1. The molecule has 1 aliphatic rings. The number of nitrogens with two attached hydrogens (primary N) is 1. The van der Waals surface area contributed by atoms with Crippen LogP contribution >= 0.6 is 0 Å². The van der Waals surface area contributed by atoms with Gasteiger partial charge in [-0.1, -0.05) is 0 Å². The van der Waals surface area contributed by atoms with Crippen molar-refractivity contribution in [2.24, 2.45) is 5.73 Å². The number of hydrogen-bond acceptors (Lipinski definition) is 4. The molecule has 0 radical (unpaired) electrons. The van der Waals surface area contributed by atoms with E-state index in [1.165, 1.54) is 12.1 Å². The van der Waals surface area contributed by atoms with Crippen LogP contribution in [0.1, 0.15) is 12.1 Å². The molecule has 1 fully saturated rings. The Bertz CT molecular complexity index is 323. The molecular weight excluding hydrogens is 199 g/mol. The normalized spacial score (nSPS) is 20.1. The molecule has 0 aromatic carbocycles. The number of halogens is 1. The molecule has 1 aromatic rings. The van der Waals surface area contributed by atoms with Crippen molar-refractivity contribution in [1.82, 2.24) is 4.98 Å². The molecule has 0 unspecified atom stereocenters. The molecule has 4 nitrogen and oxygen atoms in total. The molecule has 1 aromatic heterocycles. The van der Waals surface area contributed by atoms with Crippen molar-refractivity contribution >= 4 is 0 Å². The number of nitrogens with zero attached hydrogens (tertiary/aromatic N) is 1. The Morgan fingerprint density at radius 2 is 2.13 bits per heavy atom. The molecular formula is C10H13FN2O2. The first-order valence-corrected chi connectivity index (χ1v) is 4.87. The molecule has 2 heterocycles. The van der Waals surface area contributed by atoms with Crippen molar-refractivity contribution in [3.63, 3.8) is 0 Å². The van der Waals surface area contributed by atoms with E-state index in [-0.39, 0.29) is 12.4 Å². The van der Waals surface area contributed by atoms with Crippen LogP contribution in [0.15, 0.2) is 18.3 Å². The van der Waals surface area contributed by atoms with Crippen LogP contribution in [0.5, 0.6) is 0 Å². The van der Waals surface area contributed by atoms with Gasteiger partial charge in [0.1, 0.15) is 11.5 Å². The predicted molar refractivity (Wildman–Crippen MR) is 51.4 cm³/mol. The van der Waals surface area contributed by atoms with E-state index in [9.17, 15) is 4.39 Å². The second-order valence-corrected chi connectivity index (χ2v) is 3.37. The molecule has 2 rings (SSSR count). The van der Waals surface area contributed by atoms with E-state index >= 15 is 0 Å². The van der Waals surface area contributed by atoms with Crippen molar-refractivity contribution in [2.75, 3.05) is 19.8 Å². The highest BCUT2D eigenvalue weighted by molar-refractivity contribution is 5.12. The maximum atomic E-state index is 12.7. The molecule has 0 aliphatic carbocycles. The van der Waals surface area contributed by atoms with E-state index in [1.54, 1.807) is 0 Å². The highest BCUT2D eigenvalue weighted by Gasteiger charge is 2.36. The van der Waals surface area contributed by atoms with Crippen LogP contribution in [0.3, 0.4) is 0 Å². The molecule has 15 heavy (non-hydrogen) atoms. The molecule has 0 saturated carbocycles. The average Bonchev–Trinajstić information content (AvgIpc) is 2.31. The molecule has 0 amide bonds. The van der Waals surface area contributed by atoms with Gasteiger partial charge in [0.2, 0.25) is 5.79 Å². The quantitative estimate of drug-likeness (QED) is 0.786. The molecule has 2 N–H and O–H groups in total. The Hall–Kier alpha value is -1.04. The number of pyridine rings is 1. The highest BCUT2D eigenvalue weighted by Crippen LogP contribution is 2.28. The summed E-state index contributed by atoms with van der Waals surface area (Å²) in [5.41, 5.74) is 6.14. The molecule has 0 bridgehead atoms. The largest absolute Gasteiger partial charge is 0.344 e. The summed E-state index contributed by atoms with van der Waals surface area (Å²) in [7, 11) is 0. The third kappa shape index (κ3) is 1.99. The Morgan fingerprint density at radius 1 is 1.40 bits per heavy atom. The van der Waals surface area contributed by atoms with Crippen LogP contribution in [-0.2, 0) is 15.3 Å². The zero-order valence-electron chi connectivity index (χ0n) is 8.28. The molecule has 0 atom stereocenters. The fourth-order valence-corrected chi connectivity index (χ4v) is 1.55. The minimum absolute atomic E-state index is 0.172. The lowest BCUT2D eigenvalue weighted by molar-refractivity contribution is -0.271. The topological polar surface area (TPSA) is 57.4 Å². The number of rotatable bonds is 2. The summed E-state index contributed by atoms with van der Waals surface area (Å²) in [6, 6.07) is 2.86. The minimum atomic E-state index is -0.994. The Labute approximate surface area is 87.2 Å². The lowest BCUT2D eigenvalue weighted by Gasteiger charge is -2.35. The summed E-state index contributed by atoms with van der Waals surface area (Å²) >= 11 is 0. The number of aromatic nitrogens is 1. The van der Waals surface area contributed by atoms with Crippen molar-refractivity contribution in [2.45, 2.75) is 12.2 Å². The lowest BCUT2D eigenvalue weighted by atomic mass is 10.1. The molecule has 1 aliphatic heterocycles. The van der Waals surface area contributed by atoms with Gasteiger partial charge in [0.05, 0.1) is 26.0 Å². The van der Waals surface area contributed by atoms with E-state index in [0.29, 0.717) is 18.9 Å². The summed E-state index contributed by atoms with van der Waals surface area (Å²) in [5.74, 6) is -1.38. The first-order valence-electron chi connectivity index (χ1n) is 4.87. The van der Waals surface area contributed by atoms with Gasteiger partial charge in [-0.15, -0.1) is 0 Å². The van der Waals surface area contributed by atoms with Gasteiger partial charge in [0.25, 0.3) is 0 Å². The standard InChI is InChI=1S/C10H13FN2O2/c11-8-2-3-9(13-6-8)10(7-12)14-4-1-5-15-10/h2-3,6H,1,4-5,7,12H2. The summed E-state index contributed by atoms with van der Waals surface area (Å²) < 4.78 is 23.7. The van der Waals surface area contributed by atoms with E-state index in [2.05, 4.69) is 4.98 Å². The van der Waals surface area contributed by atoms with Crippen LogP contribution in [0, 0.1) is 5.82 Å². The van der Waals surface area contributed by atoms with E-state index in [1.807, 2.05) is 0 Å². The van der Waals surface area contributed by atoms with Gasteiger partial charge in [0, 0.05) is 0 Å². The van der Waals surface area contributed by atoms with Gasteiger partial charge in [-0.05, 0) is 18.6 Å². The zero-order chi connectivity index (χ0) is 10.7. The fourth-order valence-electron chi connectivity index (χ4n) is 1.55. The third-order valence-electron chi connectivity index (χ3n) is 2.35. The SMILES string of the molecule is NCC1(c2ccc(F)cn2)OCCCO1. The first kappa shape index (κ1) is 10.5. The van der Waals surface area contributed by atoms with Gasteiger partial charge in [-0.25, -0.2) is 4.39 Å². The lowest BCUT2D eigenvalue weighted by Crippen LogP contribution is -2.44. The van der Waals surface area contributed by atoms with Crippen LogP contribution in [0.4, 0.5) is 4.39 Å². The number of ether oxygens (including phenoxy) is 2.